The molecule has 1 N–H and O–H groups in total. The molecule has 1 aliphatic carbocycles. The molecule has 1 aliphatic rings. The molecule has 1 rings (SSSR count). The van der Waals surface area contributed by atoms with Crippen molar-refractivity contribution in [3.05, 3.63) is 34.7 Å². The highest BCUT2D eigenvalue weighted by Gasteiger charge is 2.14. The lowest BCUT2D eigenvalue weighted by Gasteiger charge is -2.24. The van der Waals surface area contributed by atoms with Crippen LogP contribution >= 0.6 is 0 Å². The highest BCUT2D eigenvalue weighted by molar-refractivity contribution is 5.40. The molecular weight excluding hydrogens is 170 g/mol. The fourth-order valence-corrected chi connectivity index (χ4v) is 1.88. The van der Waals surface area contributed by atoms with Gasteiger partial charge >= 0.3 is 0 Å². The fraction of sp³-hybridized carbons (Fsp3) is 0.538. The summed E-state index contributed by atoms with van der Waals surface area (Å²) >= 11 is 0. The van der Waals surface area contributed by atoms with Crippen molar-refractivity contribution >= 4 is 0 Å². The number of hydrogen-bond acceptors (Lipinski definition) is 1. The molecule has 0 bridgehead atoms. The highest BCUT2D eigenvalue weighted by Crippen LogP contribution is 2.30. The van der Waals surface area contributed by atoms with Crippen molar-refractivity contribution < 1.29 is 0 Å². The average Bonchev–Trinajstić information content (AvgIpc) is 2.13. The van der Waals surface area contributed by atoms with Gasteiger partial charge in [0.25, 0.3) is 0 Å². The summed E-state index contributed by atoms with van der Waals surface area (Å²) < 4.78 is 0. The first-order valence-corrected chi connectivity index (χ1v) is 5.37. The van der Waals surface area contributed by atoms with E-state index in [9.17, 15) is 0 Å². The minimum absolute atomic E-state index is 1.03. The molecule has 1 nitrogen and oxygen atoms in total. The van der Waals surface area contributed by atoms with E-state index in [0.717, 1.165) is 12.1 Å². The first-order chi connectivity index (χ1) is 6.56. The minimum atomic E-state index is 1.03. The lowest BCUT2D eigenvalue weighted by atomic mass is 9.89. The van der Waals surface area contributed by atoms with Gasteiger partial charge in [0.2, 0.25) is 0 Å². The molecule has 14 heavy (non-hydrogen) atoms. The third-order valence-corrected chi connectivity index (χ3v) is 2.94. The standard InChI is InChI=1S/C13H21N/c1-6-12-8-7-10(4)11(5)13(12)14-9(2)3/h14H,2,6-8H2,1,3-5H3. The largest absolute Gasteiger partial charge is 0.360 e. The molecule has 0 aromatic rings. The Balaban J connectivity index is 3.02. The molecule has 0 aromatic heterocycles. The molecule has 0 aliphatic heterocycles. The molecule has 0 unspecified atom stereocenters. The zero-order valence-electron chi connectivity index (χ0n) is 9.83. The molecule has 0 fully saturated rings. The lowest BCUT2D eigenvalue weighted by molar-refractivity contribution is 0.782. The summed E-state index contributed by atoms with van der Waals surface area (Å²) in [5, 5.41) is 3.39. The second-order valence-electron chi connectivity index (χ2n) is 4.14. The summed E-state index contributed by atoms with van der Waals surface area (Å²) in [4.78, 5) is 0. The van der Waals surface area contributed by atoms with E-state index in [0.29, 0.717) is 0 Å². The number of hydrogen-bond donors (Lipinski definition) is 1. The van der Waals surface area contributed by atoms with E-state index < -0.39 is 0 Å². The molecule has 1 heteroatoms. The average molecular weight is 191 g/mol. The van der Waals surface area contributed by atoms with E-state index in [1.165, 1.54) is 35.3 Å². The van der Waals surface area contributed by atoms with Crippen LogP contribution in [0.15, 0.2) is 34.7 Å². The van der Waals surface area contributed by atoms with Gasteiger partial charge in [-0.2, -0.15) is 0 Å². The Hall–Kier alpha value is -0.980. The van der Waals surface area contributed by atoms with Gasteiger partial charge < -0.3 is 5.32 Å². The Morgan fingerprint density at radius 2 is 2.00 bits per heavy atom. The van der Waals surface area contributed by atoms with Gasteiger partial charge in [-0.15, -0.1) is 0 Å². The van der Waals surface area contributed by atoms with Crippen LogP contribution in [0.4, 0.5) is 0 Å². The van der Waals surface area contributed by atoms with Gasteiger partial charge in [-0.1, -0.05) is 19.1 Å². The molecule has 0 atom stereocenters. The summed E-state index contributed by atoms with van der Waals surface area (Å²) in [7, 11) is 0. The number of rotatable bonds is 3. The fourth-order valence-electron chi connectivity index (χ4n) is 1.88. The Labute approximate surface area is 87.6 Å². The van der Waals surface area contributed by atoms with Crippen LogP contribution in [0.3, 0.4) is 0 Å². The Kier molecular flexibility index (Phi) is 3.56. The van der Waals surface area contributed by atoms with Crippen LogP contribution in [0.1, 0.15) is 47.0 Å². The third-order valence-electron chi connectivity index (χ3n) is 2.94. The number of nitrogens with one attached hydrogen (secondary N) is 1. The van der Waals surface area contributed by atoms with Crippen LogP contribution in [-0.4, -0.2) is 0 Å². The van der Waals surface area contributed by atoms with Crippen molar-refractivity contribution in [2.45, 2.75) is 47.0 Å². The second kappa shape index (κ2) is 4.50. The summed E-state index contributed by atoms with van der Waals surface area (Å²) in [5.41, 5.74) is 6.81. The predicted octanol–water partition coefficient (Wildman–Crippen LogP) is 3.90. The van der Waals surface area contributed by atoms with Crippen molar-refractivity contribution in [3.63, 3.8) is 0 Å². The number of allylic oxidation sites excluding steroid dienone is 4. The molecule has 0 spiro atoms. The molecule has 0 amide bonds. The first-order valence-electron chi connectivity index (χ1n) is 5.37. The van der Waals surface area contributed by atoms with Gasteiger partial charge in [0.1, 0.15) is 0 Å². The van der Waals surface area contributed by atoms with E-state index in [1.54, 1.807) is 0 Å². The van der Waals surface area contributed by atoms with Gasteiger partial charge in [-0.25, -0.2) is 0 Å². The quantitative estimate of drug-likeness (QED) is 0.713. The molecule has 0 radical (unpaired) electrons. The maximum Gasteiger partial charge on any atom is 0.0402 e. The SMILES string of the molecule is C=C(C)NC1=C(CC)CCC(C)=C1C. The predicted molar refractivity (Wildman–Crippen MR) is 62.9 cm³/mol. The van der Waals surface area contributed by atoms with Crippen LogP contribution in [0, 0.1) is 0 Å². The van der Waals surface area contributed by atoms with Crippen molar-refractivity contribution in [3.8, 4) is 0 Å². The third kappa shape index (κ3) is 2.28. The normalized spacial score (nSPS) is 17.4. The maximum absolute atomic E-state index is 3.91. The van der Waals surface area contributed by atoms with E-state index >= 15 is 0 Å². The summed E-state index contributed by atoms with van der Waals surface area (Å²) in [6.45, 7) is 12.6. The molecule has 78 valence electrons. The lowest BCUT2D eigenvalue weighted by Crippen LogP contribution is -2.17. The smallest absolute Gasteiger partial charge is 0.0402 e. The Morgan fingerprint density at radius 1 is 1.36 bits per heavy atom. The maximum atomic E-state index is 3.91. The van der Waals surface area contributed by atoms with Crippen LogP contribution in [0.5, 0.6) is 0 Å². The van der Waals surface area contributed by atoms with Gasteiger partial charge in [0.15, 0.2) is 0 Å². The van der Waals surface area contributed by atoms with Crippen molar-refractivity contribution in [1.82, 2.24) is 5.32 Å². The van der Waals surface area contributed by atoms with Crippen LogP contribution < -0.4 is 5.32 Å². The van der Waals surface area contributed by atoms with Crippen LogP contribution in [-0.2, 0) is 0 Å². The second-order valence-corrected chi connectivity index (χ2v) is 4.14. The molecule has 0 heterocycles. The molecule has 0 aromatic carbocycles. The first kappa shape index (κ1) is 11.1. The van der Waals surface area contributed by atoms with Crippen molar-refractivity contribution in [2.75, 3.05) is 0 Å². The topological polar surface area (TPSA) is 12.0 Å². The Morgan fingerprint density at radius 3 is 2.50 bits per heavy atom. The van der Waals surface area contributed by atoms with Crippen molar-refractivity contribution in [2.24, 2.45) is 0 Å². The van der Waals surface area contributed by atoms with E-state index in [1.807, 2.05) is 6.92 Å². The summed E-state index contributed by atoms with van der Waals surface area (Å²) in [6, 6.07) is 0. The summed E-state index contributed by atoms with van der Waals surface area (Å²) in [6.07, 6.45) is 3.56. The van der Waals surface area contributed by atoms with Gasteiger partial charge in [0, 0.05) is 11.4 Å². The van der Waals surface area contributed by atoms with E-state index in [-0.39, 0.29) is 0 Å². The zero-order valence-corrected chi connectivity index (χ0v) is 9.83. The van der Waals surface area contributed by atoms with Gasteiger partial charge in [-0.05, 0) is 51.2 Å². The van der Waals surface area contributed by atoms with E-state index in [2.05, 4.69) is 32.7 Å². The van der Waals surface area contributed by atoms with Gasteiger partial charge in [0.05, 0.1) is 0 Å². The van der Waals surface area contributed by atoms with Crippen molar-refractivity contribution in [1.29, 1.82) is 0 Å². The van der Waals surface area contributed by atoms with Crippen LogP contribution in [0.2, 0.25) is 0 Å². The highest BCUT2D eigenvalue weighted by atomic mass is 14.9. The zero-order chi connectivity index (χ0) is 10.7. The van der Waals surface area contributed by atoms with E-state index in [4.69, 9.17) is 0 Å². The van der Waals surface area contributed by atoms with Crippen LogP contribution in [0.25, 0.3) is 0 Å². The molecular formula is C13H21N. The molecule has 0 saturated heterocycles. The van der Waals surface area contributed by atoms with Gasteiger partial charge in [-0.3, -0.25) is 0 Å². The summed E-state index contributed by atoms with van der Waals surface area (Å²) in [5.74, 6) is 0. The minimum Gasteiger partial charge on any atom is -0.360 e. The monoisotopic (exact) mass is 191 g/mol. The molecule has 0 saturated carbocycles. The Bertz CT molecular complexity index is 305.